The molecule has 0 aromatic heterocycles. The third-order valence-corrected chi connectivity index (χ3v) is 2.65. The van der Waals surface area contributed by atoms with Gasteiger partial charge in [-0.2, -0.15) is 0 Å². The van der Waals surface area contributed by atoms with Crippen LogP contribution in [0.5, 0.6) is 0 Å². The normalized spacial score (nSPS) is 17.8. The van der Waals surface area contributed by atoms with E-state index < -0.39 is 0 Å². The topological polar surface area (TPSA) is 3.24 Å². The summed E-state index contributed by atoms with van der Waals surface area (Å²) in [6.45, 7) is 8.03. The second kappa shape index (κ2) is 3.80. The Hall–Kier alpha value is -0.460. The average molecular weight is 153 g/mol. The molecule has 1 nitrogen and oxygen atoms in total. The molecule has 0 saturated heterocycles. The Kier molecular flexibility index (Phi) is 2.98. The van der Waals surface area contributed by atoms with Crippen molar-refractivity contribution in [1.82, 2.24) is 4.90 Å². The first-order chi connectivity index (χ1) is 5.29. The Balaban J connectivity index is 2.51. The minimum atomic E-state index is 0.786. The van der Waals surface area contributed by atoms with Crippen LogP contribution in [0.1, 0.15) is 40.0 Å². The fourth-order valence-corrected chi connectivity index (χ4v) is 1.91. The van der Waals surface area contributed by atoms with Gasteiger partial charge >= 0.3 is 0 Å². The van der Waals surface area contributed by atoms with Gasteiger partial charge in [0.15, 0.2) is 0 Å². The van der Waals surface area contributed by atoms with Gasteiger partial charge in [0.05, 0.1) is 0 Å². The van der Waals surface area contributed by atoms with Crippen LogP contribution in [0.2, 0.25) is 0 Å². The smallest absolute Gasteiger partial charge is 0.0281 e. The van der Waals surface area contributed by atoms with Crippen molar-refractivity contribution in [3.05, 3.63) is 11.8 Å². The summed E-state index contributed by atoms with van der Waals surface area (Å²) in [6, 6.07) is 0.786. The molecule has 1 heterocycles. The fourth-order valence-electron chi connectivity index (χ4n) is 1.91. The van der Waals surface area contributed by atoms with Gasteiger partial charge in [0.2, 0.25) is 0 Å². The average Bonchev–Trinajstić information content (AvgIpc) is 2.40. The lowest BCUT2D eigenvalue weighted by Crippen LogP contribution is -2.30. The van der Waals surface area contributed by atoms with E-state index >= 15 is 0 Å². The minimum Gasteiger partial charge on any atom is -0.372 e. The molecule has 0 saturated carbocycles. The van der Waals surface area contributed by atoms with E-state index in [4.69, 9.17) is 0 Å². The highest BCUT2D eigenvalue weighted by atomic mass is 15.2. The summed E-state index contributed by atoms with van der Waals surface area (Å²) in [7, 11) is 0. The second-order valence-electron chi connectivity index (χ2n) is 3.30. The first kappa shape index (κ1) is 8.63. The van der Waals surface area contributed by atoms with Crippen LogP contribution in [-0.2, 0) is 0 Å². The monoisotopic (exact) mass is 153 g/mol. The Morgan fingerprint density at radius 2 is 2.09 bits per heavy atom. The molecule has 0 amide bonds. The molecule has 0 spiro atoms. The van der Waals surface area contributed by atoms with Gasteiger partial charge in [0, 0.05) is 18.3 Å². The molecule has 1 rings (SSSR count). The zero-order chi connectivity index (χ0) is 8.27. The summed E-state index contributed by atoms with van der Waals surface area (Å²) in [5, 5.41) is 0. The Morgan fingerprint density at radius 3 is 2.45 bits per heavy atom. The summed E-state index contributed by atoms with van der Waals surface area (Å²) in [4.78, 5) is 2.54. The minimum absolute atomic E-state index is 0.786. The van der Waals surface area contributed by atoms with Crippen LogP contribution in [0.3, 0.4) is 0 Å². The molecule has 0 unspecified atom stereocenters. The van der Waals surface area contributed by atoms with Crippen LogP contribution < -0.4 is 0 Å². The van der Waals surface area contributed by atoms with Crippen molar-refractivity contribution in [3.8, 4) is 0 Å². The van der Waals surface area contributed by atoms with E-state index in [1.165, 1.54) is 31.5 Å². The maximum Gasteiger partial charge on any atom is 0.0281 e. The van der Waals surface area contributed by atoms with Gasteiger partial charge in [-0.1, -0.05) is 19.9 Å². The summed E-state index contributed by atoms with van der Waals surface area (Å²) in [5.74, 6) is 0. The first-order valence-corrected chi connectivity index (χ1v) is 4.73. The molecule has 64 valence electrons. The molecule has 1 aliphatic heterocycles. The third kappa shape index (κ3) is 1.76. The van der Waals surface area contributed by atoms with Crippen molar-refractivity contribution in [2.75, 3.05) is 6.54 Å². The SMILES string of the molecule is CCC(CC)N1CCC=C1C. The van der Waals surface area contributed by atoms with Crippen molar-refractivity contribution in [2.24, 2.45) is 0 Å². The van der Waals surface area contributed by atoms with Gasteiger partial charge in [-0.15, -0.1) is 0 Å². The number of nitrogens with zero attached hydrogens (tertiary/aromatic N) is 1. The molecule has 0 atom stereocenters. The maximum atomic E-state index is 2.54. The summed E-state index contributed by atoms with van der Waals surface area (Å²) >= 11 is 0. The Bertz CT molecular complexity index is 145. The Labute approximate surface area is 70.1 Å². The van der Waals surface area contributed by atoms with E-state index in [9.17, 15) is 0 Å². The fraction of sp³-hybridized carbons (Fsp3) is 0.800. The molecule has 0 aromatic rings. The number of allylic oxidation sites excluding steroid dienone is 1. The number of hydrogen-bond donors (Lipinski definition) is 0. The van der Waals surface area contributed by atoms with Gasteiger partial charge in [-0.3, -0.25) is 0 Å². The van der Waals surface area contributed by atoms with Gasteiger partial charge in [0.1, 0.15) is 0 Å². The van der Waals surface area contributed by atoms with Gasteiger partial charge < -0.3 is 4.90 Å². The molecule has 0 aromatic carbocycles. The molecule has 0 aliphatic carbocycles. The van der Waals surface area contributed by atoms with Crippen LogP contribution in [0, 0.1) is 0 Å². The van der Waals surface area contributed by atoms with E-state index in [1.54, 1.807) is 0 Å². The molecule has 0 fully saturated rings. The molecule has 0 N–H and O–H groups in total. The zero-order valence-corrected chi connectivity index (χ0v) is 7.93. The van der Waals surface area contributed by atoms with Crippen LogP contribution in [0.15, 0.2) is 11.8 Å². The van der Waals surface area contributed by atoms with Crippen LogP contribution in [0.25, 0.3) is 0 Å². The highest BCUT2D eigenvalue weighted by Gasteiger charge is 2.17. The third-order valence-electron chi connectivity index (χ3n) is 2.65. The number of rotatable bonds is 3. The van der Waals surface area contributed by atoms with Crippen LogP contribution in [0.4, 0.5) is 0 Å². The van der Waals surface area contributed by atoms with Crippen molar-refractivity contribution in [1.29, 1.82) is 0 Å². The van der Waals surface area contributed by atoms with Crippen LogP contribution >= 0.6 is 0 Å². The van der Waals surface area contributed by atoms with Crippen LogP contribution in [-0.4, -0.2) is 17.5 Å². The summed E-state index contributed by atoms with van der Waals surface area (Å²) in [6.07, 6.45) is 6.16. The molecule has 0 radical (unpaired) electrons. The van der Waals surface area contributed by atoms with Crippen molar-refractivity contribution in [3.63, 3.8) is 0 Å². The lowest BCUT2D eigenvalue weighted by molar-refractivity contribution is 0.260. The lowest BCUT2D eigenvalue weighted by Gasteiger charge is -2.29. The van der Waals surface area contributed by atoms with Gasteiger partial charge in [-0.25, -0.2) is 0 Å². The molecule has 11 heavy (non-hydrogen) atoms. The first-order valence-electron chi connectivity index (χ1n) is 4.73. The van der Waals surface area contributed by atoms with Crippen molar-refractivity contribution < 1.29 is 0 Å². The van der Waals surface area contributed by atoms with E-state index in [-0.39, 0.29) is 0 Å². The van der Waals surface area contributed by atoms with Gasteiger partial charge in [0.25, 0.3) is 0 Å². The molecule has 0 bridgehead atoms. The van der Waals surface area contributed by atoms with Crippen molar-refractivity contribution in [2.45, 2.75) is 46.1 Å². The standard InChI is InChI=1S/C10H19N/c1-4-10(5-2)11-8-6-7-9(11)3/h7,10H,4-6,8H2,1-3H3. The van der Waals surface area contributed by atoms with Gasteiger partial charge in [-0.05, 0) is 26.2 Å². The number of hydrogen-bond acceptors (Lipinski definition) is 1. The van der Waals surface area contributed by atoms with E-state index in [2.05, 4.69) is 31.7 Å². The largest absolute Gasteiger partial charge is 0.372 e. The predicted octanol–water partition coefficient (Wildman–Crippen LogP) is 2.78. The van der Waals surface area contributed by atoms with E-state index in [1.807, 2.05) is 0 Å². The lowest BCUT2D eigenvalue weighted by atomic mass is 10.1. The maximum absolute atomic E-state index is 2.54. The highest BCUT2D eigenvalue weighted by Crippen LogP contribution is 2.20. The predicted molar refractivity (Wildman–Crippen MR) is 49.5 cm³/mol. The highest BCUT2D eigenvalue weighted by molar-refractivity contribution is 5.05. The molecular formula is C10H19N. The molecule has 1 heteroatoms. The second-order valence-corrected chi connectivity index (χ2v) is 3.30. The van der Waals surface area contributed by atoms with E-state index in [0.717, 1.165) is 6.04 Å². The quantitative estimate of drug-likeness (QED) is 0.602. The Morgan fingerprint density at radius 1 is 1.45 bits per heavy atom. The summed E-state index contributed by atoms with van der Waals surface area (Å²) < 4.78 is 0. The molecule has 1 aliphatic rings. The van der Waals surface area contributed by atoms with E-state index in [0.29, 0.717) is 0 Å². The summed E-state index contributed by atoms with van der Waals surface area (Å²) in [5.41, 5.74) is 1.48. The zero-order valence-electron chi connectivity index (χ0n) is 7.93. The van der Waals surface area contributed by atoms with Crippen molar-refractivity contribution >= 4 is 0 Å². The molecular weight excluding hydrogens is 134 g/mol.